The second-order valence-electron chi connectivity index (χ2n) is 8.09. The molecule has 25 heavy (non-hydrogen) atoms. The third-order valence-corrected chi connectivity index (χ3v) is 5.70. The van der Waals surface area contributed by atoms with Gasteiger partial charge in [-0.15, -0.1) is 10.2 Å². The molecule has 2 fully saturated rings. The van der Waals surface area contributed by atoms with E-state index in [0.717, 1.165) is 57.8 Å². The van der Waals surface area contributed by atoms with Crippen LogP contribution in [0.5, 0.6) is 0 Å². The van der Waals surface area contributed by atoms with Crippen LogP contribution in [0.1, 0.15) is 51.8 Å². The van der Waals surface area contributed by atoms with E-state index in [2.05, 4.69) is 39.0 Å². The summed E-state index contributed by atoms with van der Waals surface area (Å²) in [5, 5.41) is 11.7. The van der Waals surface area contributed by atoms with Gasteiger partial charge in [0.25, 0.3) is 0 Å². The first kappa shape index (κ1) is 18.2. The molecule has 1 aromatic rings. The fourth-order valence-corrected chi connectivity index (χ4v) is 4.52. The van der Waals surface area contributed by atoms with E-state index in [4.69, 9.17) is 0 Å². The molecule has 0 bridgehead atoms. The average Bonchev–Trinajstić information content (AvgIpc) is 3.12. The number of hydrogen-bond acceptors (Lipinski definition) is 4. The summed E-state index contributed by atoms with van der Waals surface area (Å²) in [6, 6.07) is 0.253. The summed E-state index contributed by atoms with van der Waals surface area (Å²) in [6.45, 7) is 10.9. The van der Waals surface area contributed by atoms with Crippen molar-refractivity contribution in [3.8, 4) is 0 Å². The summed E-state index contributed by atoms with van der Waals surface area (Å²) in [7, 11) is 2.19. The standard InChI is InChI=1S/C18H32N6O/c1-5-8-24-13-19-21-16(24)15-11-22(4)12-18(15)6-9-23(10-7-18)17(25)20-14(2)3/h13-15H,5-12H2,1-4H3,(H,20,25). The fraction of sp³-hybridized carbons (Fsp3) is 0.833. The van der Waals surface area contributed by atoms with E-state index in [1.54, 1.807) is 0 Å². The molecule has 2 amide bonds. The van der Waals surface area contributed by atoms with Crippen LogP contribution >= 0.6 is 0 Å². The first-order valence-electron chi connectivity index (χ1n) is 9.57. The molecule has 2 aliphatic heterocycles. The van der Waals surface area contributed by atoms with Crippen molar-refractivity contribution in [2.75, 3.05) is 33.2 Å². The van der Waals surface area contributed by atoms with Gasteiger partial charge in [0.1, 0.15) is 12.2 Å². The molecule has 3 heterocycles. The lowest BCUT2D eigenvalue weighted by Gasteiger charge is -2.42. The molecule has 1 atom stereocenters. The molecule has 1 spiro atoms. The molecule has 140 valence electrons. The highest BCUT2D eigenvalue weighted by Crippen LogP contribution is 2.48. The summed E-state index contributed by atoms with van der Waals surface area (Å²) in [5.41, 5.74) is 0.210. The molecule has 1 N–H and O–H groups in total. The molecule has 0 saturated carbocycles. The maximum Gasteiger partial charge on any atom is 0.317 e. The molecule has 2 aliphatic rings. The van der Waals surface area contributed by atoms with Crippen LogP contribution in [0.3, 0.4) is 0 Å². The third kappa shape index (κ3) is 3.66. The topological polar surface area (TPSA) is 66.3 Å². The van der Waals surface area contributed by atoms with Gasteiger partial charge in [-0.3, -0.25) is 0 Å². The lowest BCUT2D eigenvalue weighted by Crippen LogP contribution is -2.50. The van der Waals surface area contributed by atoms with Crippen LogP contribution in [-0.4, -0.2) is 69.9 Å². The summed E-state index contributed by atoms with van der Waals surface area (Å²) < 4.78 is 2.23. The highest BCUT2D eigenvalue weighted by atomic mass is 16.2. The Bertz CT molecular complexity index is 590. The summed E-state index contributed by atoms with van der Waals surface area (Å²) in [5.74, 6) is 1.54. The first-order valence-corrected chi connectivity index (χ1v) is 9.57. The minimum atomic E-state index is 0.0712. The number of carbonyl (C=O) groups is 1. The second-order valence-corrected chi connectivity index (χ2v) is 8.09. The Balaban J connectivity index is 1.74. The zero-order valence-corrected chi connectivity index (χ0v) is 16.0. The van der Waals surface area contributed by atoms with Gasteiger partial charge in [-0.2, -0.15) is 0 Å². The van der Waals surface area contributed by atoms with E-state index >= 15 is 0 Å². The molecule has 1 unspecified atom stereocenters. The highest BCUT2D eigenvalue weighted by Gasteiger charge is 2.49. The molecule has 1 aromatic heterocycles. The van der Waals surface area contributed by atoms with Crippen LogP contribution in [-0.2, 0) is 6.54 Å². The van der Waals surface area contributed by atoms with Crippen molar-refractivity contribution in [1.82, 2.24) is 29.9 Å². The summed E-state index contributed by atoms with van der Waals surface area (Å²) >= 11 is 0. The number of hydrogen-bond donors (Lipinski definition) is 1. The number of rotatable bonds is 4. The summed E-state index contributed by atoms with van der Waals surface area (Å²) in [6.07, 6.45) is 5.03. The maximum atomic E-state index is 12.3. The number of nitrogens with one attached hydrogen (secondary N) is 1. The van der Waals surface area contributed by atoms with Gasteiger partial charge in [-0.25, -0.2) is 4.79 Å². The number of nitrogens with zero attached hydrogens (tertiary/aromatic N) is 5. The zero-order valence-electron chi connectivity index (χ0n) is 16.0. The number of piperidine rings is 1. The van der Waals surface area contributed by atoms with Crippen molar-refractivity contribution in [2.24, 2.45) is 5.41 Å². The molecule has 3 rings (SSSR count). The Kier molecular flexibility index (Phi) is 5.32. The molecule has 7 heteroatoms. The predicted molar refractivity (Wildman–Crippen MR) is 97.5 cm³/mol. The molecule has 0 aromatic carbocycles. The van der Waals surface area contributed by atoms with Gasteiger partial charge in [0.15, 0.2) is 0 Å². The smallest absolute Gasteiger partial charge is 0.317 e. The summed E-state index contributed by atoms with van der Waals surface area (Å²) in [4.78, 5) is 16.7. The van der Waals surface area contributed by atoms with Crippen LogP contribution in [0, 0.1) is 5.41 Å². The van der Waals surface area contributed by atoms with E-state index in [1.165, 1.54) is 0 Å². The number of likely N-dealkylation sites (N-methyl/N-ethyl adjacent to an activating group) is 1. The minimum absolute atomic E-state index is 0.0712. The fourth-order valence-electron chi connectivity index (χ4n) is 4.52. The van der Waals surface area contributed by atoms with Crippen molar-refractivity contribution < 1.29 is 4.79 Å². The van der Waals surface area contributed by atoms with E-state index in [-0.39, 0.29) is 17.5 Å². The van der Waals surface area contributed by atoms with Gasteiger partial charge < -0.3 is 19.7 Å². The third-order valence-electron chi connectivity index (χ3n) is 5.70. The Morgan fingerprint density at radius 1 is 1.40 bits per heavy atom. The zero-order chi connectivity index (χ0) is 18.0. The van der Waals surface area contributed by atoms with Crippen molar-refractivity contribution in [2.45, 2.75) is 58.5 Å². The highest BCUT2D eigenvalue weighted by molar-refractivity contribution is 5.74. The molecular weight excluding hydrogens is 316 g/mol. The lowest BCUT2D eigenvalue weighted by molar-refractivity contribution is 0.108. The Labute approximate surface area is 150 Å². The largest absolute Gasteiger partial charge is 0.336 e. The van der Waals surface area contributed by atoms with Crippen molar-refractivity contribution in [3.05, 3.63) is 12.2 Å². The number of carbonyl (C=O) groups excluding carboxylic acids is 1. The maximum absolute atomic E-state index is 12.3. The van der Waals surface area contributed by atoms with E-state index in [9.17, 15) is 4.79 Å². The van der Waals surface area contributed by atoms with Crippen molar-refractivity contribution >= 4 is 6.03 Å². The predicted octanol–water partition coefficient (Wildman–Crippen LogP) is 1.92. The monoisotopic (exact) mass is 348 g/mol. The quantitative estimate of drug-likeness (QED) is 0.903. The molecule has 0 radical (unpaired) electrons. The van der Waals surface area contributed by atoms with Gasteiger partial charge in [-0.05, 0) is 45.6 Å². The van der Waals surface area contributed by atoms with Crippen LogP contribution in [0.25, 0.3) is 0 Å². The van der Waals surface area contributed by atoms with Gasteiger partial charge in [0, 0.05) is 44.7 Å². The van der Waals surface area contributed by atoms with Crippen LogP contribution < -0.4 is 5.32 Å². The average molecular weight is 348 g/mol. The van der Waals surface area contributed by atoms with Crippen LogP contribution in [0.2, 0.25) is 0 Å². The number of urea groups is 1. The number of aryl methyl sites for hydroxylation is 1. The second kappa shape index (κ2) is 7.32. The SMILES string of the molecule is CCCn1cnnc1C1CN(C)CC12CCN(C(=O)NC(C)C)CC2. The van der Waals surface area contributed by atoms with Crippen LogP contribution in [0.15, 0.2) is 6.33 Å². The molecule has 7 nitrogen and oxygen atoms in total. The Morgan fingerprint density at radius 3 is 2.76 bits per heavy atom. The molecular formula is C18H32N6O. The molecule has 2 saturated heterocycles. The van der Waals surface area contributed by atoms with E-state index in [1.807, 2.05) is 25.1 Å². The Hall–Kier alpha value is -1.63. The number of aromatic nitrogens is 3. The minimum Gasteiger partial charge on any atom is -0.336 e. The van der Waals surface area contributed by atoms with Crippen molar-refractivity contribution in [3.63, 3.8) is 0 Å². The van der Waals surface area contributed by atoms with Crippen molar-refractivity contribution in [1.29, 1.82) is 0 Å². The lowest BCUT2D eigenvalue weighted by atomic mass is 9.70. The van der Waals surface area contributed by atoms with Gasteiger partial charge >= 0.3 is 6.03 Å². The Morgan fingerprint density at radius 2 is 2.12 bits per heavy atom. The number of likely N-dealkylation sites (tertiary alicyclic amines) is 2. The first-order chi connectivity index (χ1) is 11.9. The van der Waals surface area contributed by atoms with Gasteiger partial charge in [0.05, 0.1) is 0 Å². The van der Waals surface area contributed by atoms with Gasteiger partial charge in [-0.1, -0.05) is 6.92 Å². The molecule has 0 aliphatic carbocycles. The van der Waals surface area contributed by atoms with Crippen LogP contribution in [0.4, 0.5) is 4.79 Å². The number of amides is 2. The van der Waals surface area contributed by atoms with E-state index in [0.29, 0.717) is 5.92 Å². The van der Waals surface area contributed by atoms with Gasteiger partial charge in [0.2, 0.25) is 0 Å². The van der Waals surface area contributed by atoms with E-state index < -0.39 is 0 Å². The normalized spacial score (nSPS) is 23.6.